The largest absolute Gasteiger partial charge is 0.0693 e. The third-order valence-corrected chi connectivity index (χ3v) is 3.05. The molecule has 0 atom stereocenters. The summed E-state index contributed by atoms with van der Waals surface area (Å²) in [6.07, 6.45) is 0. The molecule has 0 unspecified atom stereocenters. The van der Waals surface area contributed by atoms with Gasteiger partial charge in [-0.15, -0.1) is 0 Å². The first-order valence-corrected chi connectivity index (χ1v) is 7.82. The summed E-state index contributed by atoms with van der Waals surface area (Å²) in [7, 11) is -0.898. The fourth-order valence-corrected chi connectivity index (χ4v) is 2.67. The highest BCUT2D eigenvalue weighted by Crippen LogP contribution is 2.10. The maximum absolute atomic E-state index is 2.40. The van der Waals surface area contributed by atoms with Crippen LogP contribution in [-0.2, 0) is 6.04 Å². The summed E-state index contributed by atoms with van der Waals surface area (Å²) >= 11 is 0. The van der Waals surface area contributed by atoms with Crippen LogP contribution in [0.2, 0.25) is 19.6 Å². The van der Waals surface area contributed by atoms with Gasteiger partial charge in [0.25, 0.3) is 0 Å². The van der Waals surface area contributed by atoms with Gasteiger partial charge in [-0.25, -0.2) is 0 Å². The lowest BCUT2D eigenvalue weighted by Crippen LogP contribution is -2.23. The van der Waals surface area contributed by atoms with Crippen LogP contribution < -0.4 is 0 Å². The zero-order valence-corrected chi connectivity index (χ0v) is 8.59. The third kappa shape index (κ3) is 3.37. The van der Waals surface area contributed by atoms with Crippen LogP contribution >= 0.6 is 0 Å². The van der Waals surface area contributed by atoms with Crippen LogP contribution in [0.4, 0.5) is 0 Å². The first-order chi connectivity index (χ1) is 5.08. The molecule has 0 saturated heterocycles. The standard InChI is InChI=1S/C10H16Si/c1-11(2,3)9-10-7-5-4-6-8-10/h4-8H,9H2,1-3H3. The number of benzene rings is 1. The van der Waals surface area contributed by atoms with Crippen LogP contribution in [0.15, 0.2) is 30.3 Å². The van der Waals surface area contributed by atoms with Gasteiger partial charge in [-0.05, 0) is 6.04 Å². The van der Waals surface area contributed by atoms with Crippen molar-refractivity contribution in [3.05, 3.63) is 35.9 Å². The smallest absolute Gasteiger partial charge is 0.0487 e. The summed E-state index contributed by atoms with van der Waals surface area (Å²) in [4.78, 5) is 0. The van der Waals surface area contributed by atoms with E-state index >= 15 is 0 Å². The van der Waals surface area contributed by atoms with E-state index < -0.39 is 8.07 Å². The lowest BCUT2D eigenvalue weighted by atomic mass is 10.2. The van der Waals surface area contributed by atoms with Crippen LogP contribution in [0.1, 0.15) is 5.56 Å². The predicted octanol–water partition coefficient (Wildman–Crippen LogP) is 3.11. The highest BCUT2D eigenvalue weighted by atomic mass is 28.3. The lowest BCUT2D eigenvalue weighted by molar-refractivity contribution is 1.31. The Morgan fingerprint density at radius 3 is 2.00 bits per heavy atom. The van der Waals surface area contributed by atoms with Gasteiger partial charge in [0.1, 0.15) is 0 Å². The molecule has 0 aliphatic rings. The minimum Gasteiger partial charge on any atom is -0.0693 e. The molecule has 0 aliphatic heterocycles. The second-order valence-corrected chi connectivity index (χ2v) is 9.70. The Morgan fingerprint density at radius 2 is 1.55 bits per heavy atom. The van der Waals surface area contributed by atoms with Crippen molar-refractivity contribution in [2.24, 2.45) is 0 Å². The Hall–Kier alpha value is -0.563. The molecular weight excluding hydrogens is 148 g/mol. The highest BCUT2D eigenvalue weighted by molar-refractivity contribution is 6.75. The van der Waals surface area contributed by atoms with Crippen LogP contribution in [0, 0.1) is 0 Å². The monoisotopic (exact) mass is 164 g/mol. The summed E-state index contributed by atoms with van der Waals surface area (Å²) < 4.78 is 0. The van der Waals surface area contributed by atoms with Gasteiger partial charge in [0.15, 0.2) is 0 Å². The van der Waals surface area contributed by atoms with E-state index in [0.717, 1.165) is 0 Å². The molecule has 0 nitrogen and oxygen atoms in total. The summed E-state index contributed by atoms with van der Waals surface area (Å²) in [5.74, 6) is 0. The average Bonchev–Trinajstić information content (AvgIpc) is 1.85. The summed E-state index contributed by atoms with van der Waals surface area (Å²) in [6, 6.07) is 12.1. The summed E-state index contributed by atoms with van der Waals surface area (Å²) in [5, 5.41) is 0. The first kappa shape index (κ1) is 8.53. The Morgan fingerprint density at radius 1 is 1.00 bits per heavy atom. The second-order valence-electron chi connectivity index (χ2n) is 4.22. The number of hydrogen-bond acceptors (Lipinski definition) is 0. The van der Waals surface area contributed by atoms with E-state index in [0.29, 0.717) is 0 Å². The Bertz CT molecular complexity index is 208. The lowest BCUT2D eigenvalue weighted by Gasteiger charge is -2.15. The molecule has 1 aromatic carbocycles. The van der Waals surface area contributed by atoms with Gasteiger partial charge in [0, 0.05) is 8.07 Å². The molecule has 0 spiro atoms. The van der Waals surface area contributed by atoms with E-state index in [-0.39, 0.29) is 0 Å². The molecule has 0 radical (unpaired) electrons. The van der Waals surface area contributed by atoms with Crippen LogP contribution in [-0.4, -0.2) is 8.07 Å². The Labute approximate surface area is 70.3 Å². The molecule has 1 heteroatoms. The zero-order valence-electron chi connectivity index (χ0n) is 7.59. The van der Waals surface area contributed by atoms with Crippen molar-refractivity contribution in [1.82, 2.24) is 0 Å². The number of hydrogen-bond donors (Lipinski definition) is 0. The minimum atomic E-state index is -0.898. The second kappa shape index (κ2) is 3.22. The average molecular weight is 164 g/mol. The molecule has 0 bridgehead atoms. The van der Waals surface area contributed by atoms with Gasteiger partial charge in [-0.3, -0.25) is 0 Å². The van der Waals surface area contributed by atoms with E-state index in [1.54, 1.807) is 0 Å². The molecule has 0 amide bonds. The fourth-order valence-electron chi connectivity index (χ4n) is 1.21. The normalized spacial score (nSPS) is 11.5. The molecule has 11 heavy (non-hydrogen) atoms. The van der Waals surface area contributed by atoms with Gasteiger partial charge < -0.3 is 0 Å². The van der Waals surface area contributed by atoms with Crippen LogP contribution in [0.5, 0.6) is 0 Å². The SMILES string of the molecule is C[Si](C)(C)Cc1ccccc1. The predicted molar refractivity (Wildman–Crippen MR) is 53.5 cm³/mol. The maximum Gasteiger partial charge on any atom is 0.0487 e. The topological polar surface area (TPSA) is 0 Å². The van der Waals surface area contributed by atoms with Gasteiger partial charge in [0.05, 0.1) is 0 Å². The maximum atomic E-state index is 2.40. The van der Waals surface area contributed by atoms with E-state index in [1.165, 1.54) is 11.6 Å². The van der Waals surface area contributed by atoms with Gasteiger partial charge in [-0.2, -0.15) is 0 Å². The molecule has 0 aromatic heterocycles. The van der Waals surface area contributed by atoms with Crippen molar-refractivity contribution in [3.8, 4) is 0 Å². The zero-order chi connectivity index (χ0) is 8.32. The molecule has 1 aromatic rings. The third-order valence-electron chi connectivity index (χ3n) is 1.58. The first-order valence-electron chi connectivity index (χ1n) is 4.12. The van der Waals surface area contributed by atoms with Crippen molar-refractivity contribution in [1.29, 1.82) is 0 Å². The molecule has 60 valence electrons. The molecule has 0 N–H and O–H groups in total. The van der Waals surface area contributed by atoms with Gasteiger partial charge in [-0.1, -0.05) is 55.5 Å². The van der Waals surface area contributed by atoms with Crippen molar-refractivity contribution in [2.45, 2.75) is 25.7 Å². The fraction of sp³-hybridized carbons (Fsp3) is 0.400. The van der Waals surface area contributed by atoms with Crippen molar-refractivity contribution >= 4 is 8.07 Å². The van der Waals surface area contributed by atoms with Crippen molar-refractivity contribution in [2.75, 3.05) is 0 Å². The van der Waals surface area contributed by atoms with Crippen molar-refractivity contribution < 1.29 is 0 Å². The van der Waals surface area contributed by atoms with Gasteiger partial charge >= 0.3 is 0 Å². The molecule has 0 aliphatic carbocycles. The molecule has 0 heterocycles. The molecule has 0 saturated carbocycles. The molecular formula is C10H16Si. The Kier molecular flexibility index (Phi) is 2.50. The van der Waals surface area contributed by atoms with Crippen LogP contribution in [0.3, 0.4) is 0 Å². The van der Waals surface area contributed by atoms with E-state index in [4.69, 9.17) is 0 Å². The molecule has 1 rings (SSSR count). The summed E-state index contributed by atoms with van der Waals surface area (Å²) in [6.45, 7) is 7.21. The quantitative estimate of drug-likeness (QED) is 0.589. The van der Waals surface area contributed by atoms with Crippen molar-refractivity contribution in [3.63, 3.8) is 0 Å². The minimum absolute atomic E-state index is 0.898. The van der Waals surface area contributed by atoms with E-state index in [1.807, 2.05) is 0 Å². The Balaban J connectivity index is 2.66. The summed E-state index contributed by atoms with van der Waals surface area (Å²) in [5.41, 5.74) is 1.49. The van der Waals surface area contributed by atoms with Crippen LogP contribution in [0.25, 0.3) is 0 Å². The highest BCUT2D eigenvalue weighted by Gasteiger charge is 2.12. The number of rotatable bonds is 2. The van der Waals surface area contributed by atoms with Gasteiger partial charge in [0.2, 0.25) is 0 Å². The van der Waals surface area contributed by atoms with E-state index in [9.17, 15) is 0 Å². The molecule has 0 fully saturated rings. The van der Waals surface area contributed by atoms with E-state index in [2.05, 4.69) is 50.0 Å².